The monoisotopic (exact) mass is 150 g/mol. The van der Waals surface area contributed by atoms with E-state index in [9.17, 15) is 9.59 Å². The first kappa shape index (κ1) is 8.86. The molecule has 6 nitrogen and oxygen atoms in total. The van der Waals surface area contributed by atoms with Crippen molar-refractivity contribution < 1.29 is 29.6 Å². The summed E-state index contributed by atoms with van der Waals surface area (Å²) in [6, 6.07) is 0. The van der Waals surface area contributed by atoms with Crippen LogP contribution in [0.25, 0.3) is 0 Å². The molecule has 0 aliphatic carbocycles. The summed E-state index contributed by atoms with van der Waals surface area (Å²) < 4.78 is 3.71. The molecule has 0 aromatic carbocycles. The van der Waals surface area contributed by atoms with Crippen molar-refractivity contribution in [2.24, 2.45) is 0 Å². The molecule has 0 saturated carbocycles. The topological polar surface area (TPSA) is 104 Å². The molecule has 58 valence electrons. The smallest absolute Gasteiger partial charge is 0.339 e. The fraction of sp³-hybridized carbons (Fsp3) is 0.500. The Morgan fingerprint density at radius 1 is 1.50 bits per heavy atom. The van der Waals surface area contributed by atoms with Crippen molar-refractivity contribution in [1.29, 1.82) is 0 Å². The lowest BCUT2D eigenvalue weighted by Gasteiger charge is -2.10. The number of carboxylic acid groups (broad SMARTS) is 1. The number of carboxylic acids is 1. The molecule has 0 amide bonds. The van der Waals surface area contributed by atoms with Crippen LogP contribution in [-0.2, 0) is 14.3 Å². The maximum absolute atomic E-state index is 9.81. The first-order valence-corrected chi connectivity index (χ1v) is 2.27. The summed E-state index contributed by atoms with van der Waals surface area (Å²) in [4.78, 5) is 19.3. The average molecular weight is 150 g/mol. The lowest BCUT2D eigenvalue weighted by Crippen LogP contribution is -2.35. The summed E-state index contributed by atoms with van der Waals surface area (Å²) in [6.45, 7) is -0.156. The Hall–Kier alpha value is -1.14. The lowest BCUT2D eigenvalue weighted by atomic mass is 10.3. The quantitative estimate of drug-likeness (QED) is 0.314. The van der Waals surface area contributed by atoms with Gasteiger partial charge in [0.05, 0.1) is 0 Å². The Morgan fingerprint density at radius 3 is 2.30 bits per heavy atom. The molecule has 10 heavy (non-hydrogen) atoms. The van der Waals surface area contributed by atoms with Gasteiger partial charge < -0.3 is 20.1 Å². The van der Waals surface area contributed by atoms with E-state index in [0.29, 0.717) is 0 Å². The number of hydrogen-bond acceptors (Lipinski definition) is 5. The molecule has 0 radical (unpaired) electrons. The minimum absolute atomic E-state index is 0.156. The zero-order chi connectivity index (χ0) is 8.15. The maximum Gasteiger partial charge on any atom is 0.339 e. The highest BCUT2D eigenvalue weighted by molar-refractivity contribution is 5.72. The third-order valence-electron chi connectivity index (χ3n) is 0.718. The van der Waals surface area contributed by atoms with E-state index in [-0.39, 0.29) is 6.47 Å². The summed E-state index contributed by atoms with van der Waals surface area (Å²) in [5.74, 6) is -1.66. The van der Waals surface area contributed by atoms with E-state index in [1.165, 1.54) is 0 Å². The second-order valence-electron chi connectivity index (χ2n) is 1.41. The van der Waals surface area contributed by atoms with Gasteiger partial charge in [-0.1, -0.05) is 0 Å². The van der Waals surface area contributed by atoms with Crippen LogP contribution in [0.2, 0.25) is 0 Å². The summed E-state index contributed by atoms with van der Waals surface area (Å²) in [6.07, 6.45) is -4.10. The summed E-state index contributed by atoms with van der Waals surface area (Å²) in [7, 11) is 0. The van der Waals surface area contributed by atoms with Gasteiger partial charge in [-0.25, -0.2) is 4.79 Å². The van der Waals surface area contributed by atoms with Crippen LogP contribution in [0.15, 0.2) is 0 Å². The molecule has 0 fully saturated rings. The SMILES string of the molecule is O=CO[C@H](O)[C@@H](O)C(=O)O. The van der Waals surface area contributed by atoms with Crippen LogP contribution in [0.4, 0.5) is 0 Å². The lowest BCUT2D eigenvalue weighted by molar-refractivity contribution is -0.185. The molecule has 3 N–H and O–H groups in total. The van der Waals surface area contributed by atoms with E-state index >= 15 is 0 Å². The Morgan fingerprint density at radius 2 is 2.00 bits per heavy atom. The van der Waals surface area contributed by atoms with Crippen LogP contribution in [0.5, 0.6) is 0 Å². The van der Waals surface area contributed by atoms with Gasteiger partial charge in [-0.05, 0) is 0 Å². The number of aliphatic hydroxyl groups is 2. The maximum atomic E-state index is 9.81. The van der Waals surface area contributed by atoms with Gasteiger partial charge in [0.15, 0.2) is 0 Å². The van der Waals surface area contributed by atoms with Crippen LogP contribution in [-0.4, -0.2) is 40.2 Å². The predicted molar refractivity (Wildman–Crippen MR) is 26.8 cm³/mol. The number of hydrogen-bond donors (Lipinski definition) is 3. The number of aliphatic hydroxyl groups excluding tert-OH is 2. The Balaban J connectivity index is 3.80. The number of rotatable bonds is 4. The zero-order valence-electron chi connectivity index (χ0n) is 4.80. The summed E-state index contributed by atoms with van der Waals surface area (Å²) in [5, 5.41) is 24.8. The van der Waals surface area contributed by atoms with Gasteiger partial charge in [-0.2, -0.15) is 0 Å². The highest BCUT2D eigenvalue weighted by atomic mass is 16.6. The summed E-state index contributed by atoms with van der Waals surface area (Å²) in [5.41, 5.74) is 0. The van der Waals surface area contributed by atoms with Crippen molar-refractivity contribution in [3.05, 3.63) is 0 Å². The fourth-order valence-electron chi connectivity index (χ4n) is 0.253. The average Bonchev–Trinajstić information content (AvgIpc) is 1.87. The second-order valence-corrected chi connectivity index (χ2v) is 1.41. The third-order valence-corrected chi connectivity index (χ3v) is 0.718. The highest BCUT2D eigenvalue weighted by Gasteiger charge is 2.24. The van der Waals surface area contributed by atoms with Crippen LogP contribution < -0.4 is 0 Å². The molecule has 2 atom stereocenters. The van der Waals surface area contributed by atoms with Crippen molar-refractivity contribution in [2.45, 2.75) is 12.4 Å². The van der Waals surface area contributed by atoms with Crippen LogP contribution in [0, 0.1) is 0 Å². The standard InChI is InChI=1S/C4H6O6/c5-1-10-4(9)2(6)3(7)8/h1-2,4,6,9H,(H,7,8)/t2-,4-/m0/s1. The fourth-order valence-corrected chi connectivity index (χ4v) is 0.253. The number of aliphatic carboxylic acids is 1. The van der Waals surface area contributed by atoms with E-state index < -0.39 is 18.4 Å². The Kier molecular flexibility index (Phi) is 3.37. The van der Waals surface area contributed by atoms with Crippen molar-refractivity contribution in [3.8, 4) is 0 Å². The molecule has 0 saturated heterocycles. The Bertz CT molecular complexity index is 132. The van der Waals surface area contributed by atoms with Crippen molar-refractivity contribution in [2.75, 3.05) is 0 Å². The Labute approximate surface area is 55.7 Å². The van der Waals surface area contributed by atoms with Crippen LogP contribution in [0.1, 0.15) is 0 Å². The molecule has 0 rings (SSSR count). The normalized spacial score (nSPS) is 15.4. The van der Waals surface area contributed by atoms with Crippen molar-refractivity contribution >= 4 is 12.4 Å². The number of ether oxygens (including phenoxy) is 1. The molecule has 0 aromatic rings. The molecular formula is C4H6O6. The third kappa shape index (κ3) is 2.42. The first-order valence-electron chi connectivity index (χ1n) is 2.27. The van der Waals surface area contributed by atoms with Gasteiger partial charge in [-0.3, -0.25) is 4.79 Å². The first-order chi connectivity index (χ1) is 4.59. The molecule has 0 aromatic heterocycles. The van der Waals surface area contributed by atoms with Crippen molar-refractivity contribution in [3.63, 3.8) is 0 Å². The largest absolute Gasteiger partial charge is 0.479 e. The molecule has 0 spiro atoms. The molecule has 6 heteroatoms. The number of carbonyl (C=O) groups is 2. The summed E-state index contributed by atoms with van der Waals surface area (Å²) >= 11 is 0. The molecule has 0 bridgehead atoms. The second kappa shape index (κ2) is 3.80. The van der Waals surface area contributed by atoms with E-state index in [1.807, 2.05) is 0 Å². The van der Waals surface area contributed by atoms with Crippen LogP contribution in [0.3, 0.4) is 0 Å². The van der Waals surface area contributed by atoms with Crippen LogP contribution >= 0.6 is 0 Å². The molecular weight excluding hydrogens is 144 g/mol. The van der Waals surface area contributed by atoms with Gasteiger partial charge in [0.1, 0.15) is 0 Å². The molecule has 0 unspecified atom stereocenters. The zero-order valence-corrected chi connectivity index (χ0v) is 4.80. The van der Waals surface area contributed by atoms with E-state index in [2.05, 4.69) is 4.74 Å². The minimum Gasteiger partial charge on any atom is -0.479 e. The molecule has 0 heterocycles. The molecule has 0 aliphatic heterocycles. The number of carbonyl (C=O) groups excluding carboxylic acids is 1. The van der Waals surface area contributed by atoms with Gasteiger partial charge in [-0.15, -0.1) is 0 Å². The van der Waals surface area contributed by atoms with E-state index in [0.717, 1.165) is 0 Å². The van der Waals surface area contributed by atoms with Crippen molar-refractivity contribution in [1.82, 2.24) is 0 Å². The van der Waals surface area contributed by atoms with Gasteiger partial charge in [0.2, 0.25) is 12.4 Å². The van der Waals surface area contributed by atoms with Gasteiger partial charge in [0, 0.05) is 0 Å². The molecule has 0 aliphatic rings. The highest BCUT2D eigenvalue weighted by Crippen LogP contribution is 1.92. The van der Waals surface area contributed by atoms with E-state index in [4.69, 9.17) is 15.3 Å². The predicted octanol–water partition coefficient (Wildman–Crippen LogP) is -2.08. The minimum atomic E-state index is -2.09. The van der Waals surface area contributed by atoms with Gasteiger partial charge >= 0.3 is 5.97 Å². The van der Waals surface area contributed by atoms with Gasteiger partial charge in [0.25, 0.3) is 6.47 Å². The van der Waals surface area contributed by atoms with E-state index in [1.54, 1.807) is 0 Å².